The van der Waals surface area contributed by atoms with Gasteiger partial charge in [-0.2, -0.15) is 0 Å². The van der Waals surface area contributed by atoms with Crippen molar-refractivity contribution in [2.75, 3.05) is 23.7 Å². The van der Waals surface area contributed by atoms with Crippen molar-refractivity contribution < 1.29 is 22.7 Å². The second-order valence-corrected chi connectivity index (χ2v) is 9.93. The summed E-state index contributed by atoms with van der Waals surface area (Å²) in [5.41, 5.74) is 0.779. The van der Waals surface area contributed by atoms with Gasteiger partial charge in [0, 0.05) is 30.4 Å². The van der Waals surface area contributed by atoms with Crippen LogP contribution >= 0.6 is 0 Å². The topological polar surface area (TPSA) is 126 Å². The van der Waals surface area contributed by atoms with Gasteiger partial charge in [0.05, 0.1) is 12.0 Å². The first-order valence-corrected chi connectivity index (χ1v) is 13.0. The quantitative estimate of drug-likeness (QED) is 0.378. The zero-order valence-corrected chi connectivity index (χ0v) is 20.1. The molecule has 3 rings (SSSR count). The third kappa shape index (κ3) is 7.95. The molecule has 1 aliphatic rings. The van der Waals surface area contributed by atoms with E-state index in [1.54, 1.807) is 36.4 Å². The van der Waals surface area contributed by atoms with Gasteiger partial charge in [-0.05, 0) is 61.7 Å². The molecule has 34 heavy (non-hydrogen) atoms. The maximum atomic E-state index is 12.7. The number of carbonyl (C=O) groups excluding carboxylic acids is 2. The third-order valence-electron chi connectivity index (χ3n) is 5.58. The minimum atomic E-state index is -3.83. The summed E-state index contributed by atoms with van der Waals surface area (Å²) in [5.74, 6) is 0.361. The Morgan fingerprint density at radius 3 is 2.44 bits per heavy atom. The number of anilines is 2. The largest absolute Gasteiger partial charge is 0.497 e. The first-order valence-electron chi connectivity index (χ1n) is 11.5. The number of rotatable bonds is 10. The summed E-state index contributed by atoms with van der Waals surface area (Å²) < 4.78 is 33.0. The number of benzene rings is 2. The van der Waals surface area contributed by atoms with E-state index in [2.05, 4.69) is 20.7 Å². The number of hydrogen-bond donors (Lipinski definition) is 4. The van der Waals surface area contributed by atoms with E-state index in [4.69, 9.17) is 4.74 Å². The molecular formula is C24H32N4O5S. The molecule has 4 N–H and O–H groups in total. The number of amides is 3. The summed E-state index contributed by atoms with van der Waals surface area (Å²) in [6.45, 7) is 0.381. The highest BCUT2D eigenvalue weighted by Gasteiger charge is 2.16. The van der Waals surface area contributed by atoms with Crippen molar-refractivity contribution in [3.63, 3.8) is 0 Å². The molecule has 0 aliphatic heterocycles. The van der Waals surface area contributed by atoms with Crippen molar-refractivity contribution in [1.82, 2.24) is 10.6 Å². The predicted molar refractivity (Wildman–Crippen MR) is 132 cm³/mol. The molecule has 0 bridgehead atoms. The van der Waals surface area contributed by atoms with Gasteiger partial charge in [0.1, 0.15) is 5.75 Å². The number of urea groups is 1. The van der Waals surface area contributed by atoms with Crippen LogP contribution in [0.4, 0.5) is 16.2 Å². The standard InChI is InChI=1S/C24H32N4O5S/c1-33-21-14-12-19(13-15-21)28-34(31,32)22-10-5-9-20(17-22)26-23(29)11-6-16-25-24(30)27-18-7-3-2-4-8-18/h5,9-10,12-15,17-18,28H,2-4,6-8,11,16H2,1H3,(H,26,29)(H2,25,27,30). The van der Waals surface area contributed by atoms with Crippen molar-refractivity contribution in [2.45, 2.75) is 55.9 Å². The van der Waals surface area contributed by atoms with Gasteiger partial charge >= 0.3 is 6.03 Å². The highest BCUT2D eigenvalue weighted by molar-refractivity contribution is 7.92. The fourth-order valence-corrected chi connectivity index (χ4v) is 4.88. The zero-order valence-electron chi connectivity index (χ0n) is 19.3. The molecule has 0 aromatic heterocycles. The molecule has 184 valence electrons. The van der Waals surface area contributed by atoms with Crippen LogP contribution in [-0.2, 0) is 14.8 Å². The molecule has 0 atom stereocenters. The lowest BCUT2D eigenvalue weighted by atomic mass is 9.96. The van der Waals surface area contributed by atoms with Gasteiger partial charge in [0.25, 0.3) is 10.0 Å². The molecule has 0 heterocycles. The van der Waals surface area contributed by atoms with Crippen LogP contribution in [0.25, 0.3) is 0 Å². The van der Waals surface area contributed by atoms with Crippen LogP contribution in [-0.4, -0.2) is 40.1 Å². The summed E-state index contributed by atoms with van der Waals surface area (Å²) in [4.78, 5) is 24.2. The third-order valence-corrected chi connectivity index (χ3v) is 6.96. The summed E-state index contributed by atoms with van der Waals surface area (Å²) >= 11 is 0. The predicted octanol–water partition coefficient (Wildman–Crippen LogP) is 3.85. The monoisotopic (exact) mass is 488 g/mol. The summed E-state index contributed by atoms with van der Waals surface area (Å²) in [5, 5.41) is 8.46. The first-order chi connectivity index (χ1) is 16.4. The molecule has 0 unspecified atom stereocenters. The second-order valence-electron chi connectivity index (χ2n) is 8.25. The fourth-order valence-electron chi connectivity index (χ4n) is 3.77. The average molecular weight is 489 g/mol. The molecule has 2 aromatic rings. The molecule has 3 amide bonds. The Labute approximate surface area is 200 Å². The summed E-state index contributed by atoms with van der Waals surface area (Å²) in [7, 11) is -2.30. The van der Waals surface area contributed by atoms with Crippen LogP contribution in [0.2, 0.25) is 0 Å². The number of carbonyl (C=O) groups is 2. The maximum absolute atomic E-state index is 12.7. The van der Waals surface area contributed by atoms with Gasteiger partial charge < -0.3 is 20.7 Å². The highest BCUT2D eigenvalue weighted by atomic mass is 32.2. The Morgan fingerprint density at radius 2 is 1.74 bits per heavy atom. The van der Waals surface area contributed by atoms with Crippen LogP contribution < -0.4 is 25.4 Å². The summed E-state index contributed by atoms with van der Waals surface area (Å²) in [6.07, 6.45) is 6.21. The van der Waals surface area contributed by atoms with Crippen molar-refractivity contribution in [3.8, 4) is 5.75 Å². The molecule has 0 spiro atoms. The van der Waals surface area contributed by atoms with Crippen LogP contribution in [0.5, 0.6) is 5.75 Å². The van der Waals surface area contributed by atoms with E-state index in [-0.39, 0.29) is 29.3 Å². The first kappa shape index (κ1) is 25.4. The zero-order chi connectivity index (χ0) is 24.4. The maximum Gasteiger partial charge on any atom is 0.315 e. The number of nitrogens with one attached hydrogen (secondary N) is 4. The van der Waals surface area contributed by atoms with Gasteiger partial charge in [-0.15, -0.1) is 0 Å². The van der Waals surface area contributed by atoms with E-state index >= 15 is 0 Å². The SMILES string of the molecule is COc1ccc(NS(=O)(=O)c2cccc(NC(=O)CCCNC(=O)NC3CCCCC3)c2)cc1. The molecule has 1 aliphatic carbocycles. The van der Waals surface area contributed by atoms with Crippen LogP contribution in [0.15, 0.2) is 53.4 Å². The van der Waals surface area contributed by atoms with E-state index in [1.165, 1.54) is 25.7 Å². The van der Waals surface area contributed by atoms with Crippen molar-refractivity contribution in [3.05, 3.63) is 48.5 Å². The van der Waals surface area contributed by atoms with Gasteiger partial charge in [-0.3, -0.25) is 9.52 Å². The summed E-state index contributed by atoms with van der Waals surface area (Å²) in [6, 6.07) is 12.6. The Morgan fingerprint density at radius 1 is 1.00 bits per heavy atom. The highest BCUT2D eigenvalue weighted by Crippen LogP contribution is 2.21. The molecule has 2 aromatic carbocycles. The minimum absolute atomic E-state index is 0.0298. The lowest BCUT2D eigenvalue weighted by molar-refractivity contribution is -0.116. The van der Waals surface area contributed by atoms with E-state index < -0.39 is 10.0 Å². The lowest BCUT2D eigenvalue weighted by Crippen LogP contribution is -2.43. The van der Waals surface area contributed by atoms with Gasteiger partial charge in [0.15, 0.2) is 0 Å². The molecule has 1 fully saturated rings. The van der Waals surface area contributed by atoms with E-state index in [9.17, 15) is 18.0 Å². The number of hydrogen-bond acceptors (Lipinski definition) is 5. The smallest absolute Gasteiger partial charge is 0.315 e. The van der Waals surface area contributed by atoms with Crippen molar-refractivity contribution in [1.29, 1.82) is 0 Å². The Bertz CT molecular complexity index is 1070. The van der Waals surface area contributed by atoms with Gasteiger partial charge in [-0.25, -0.2) is 13.2 Å². The van der Waals surface area contributed by atoms with E-state index in [0.29, 0.717) is 30.1 Å². The van der Waals surface area contributed by atoms with Crippen molar-refractivity contribution in [2.24, 2.45) is 0 Å². The lowest BCUT2D eigenvalue weighted by Gasteiger charge is -2.22. The number of methoxy groups -OCH3 is 1. The van der Waals surface area contributed by atoms with Crippen LogP contribution in [0.1, 0.15) is 44.9 Å². The normalized spacial score (nSPS) is 14.1. The molecule has 10 heteroatoms. The molecule has 0 saturated heterocycles. The minimum Gasteiger partial charge on any atom is -0.497 e. The van der Waals surface area contributed by atoms with Gasteiger partial charge in [0.2, 0.25) is 5.91 Å². The average Bonchev–Trinajstić information content (AvgIpc) is 2.83. The van der Waals surface area contributed by atoms with E-state index in [1.807, 2.05) is 0 Å². The molecule has 9 nitrogen and oxygen atoms in total. The second kappa shape index (κ2) is 12.3. The number of sulfonamides is 1. The number of ether oxygens (including phenoxy) is 1. The molecular weight excluding hydrogens is 456 g/mol. The van der Waals surface area contributed by atoms with Gasteiger partial charge in [-0.1, -0.05) is 25.3 Å². The van der Waals surface area contributed by atoms with Crippen molar-refractivity contribution >= 4 is 33.3 Å². The molecule has 0 radical (unpaired) electrons. The molecule has 1 saturated carbocycles. The Hall–Kier alpha value is -3.27. The fraction of sp³-hybridized carbons (Fsp3) is 0.417. The Balaban J connectivity index is 1.44. The van der Waals surface area contributed by atoms with Crippen LogP contribution in [0, 0.1) is 0 Å². The Kier molecular flexibility index (Phi) is 9.15. The van der Waals surface area contributed by atoms with E-state index in [0.717, 1.165) is 25.7 Å². The van der Waals surface area contributed by atoms with Crippen LogP contribution in [0.3, 0.4) is 0 Å².